The molecule has 0 aliphatic heterocycles. The topological polar surface area (TPSA) is 33.6 Å². The van der Waals surface area contributed by atoms with Gasteiger partial charge in [0.2, 0.25) is 0 Å². The second-order valence-corrected chi connectivity index (χ2v) is 5.63. The number of hydrogen-bond acceptors (Lipinski definition) is 1. The Bertz CT molecular complexity index is 912. The number of imidazole rings is 1. The van der Waals surface area contributed by atoms with Crippen molar-refractivity contribution in [3.8, 4) is 11.1 Å². The maximum Gasteiger partial charge on any atom is 0.0922 e. The maximum atomic E-state index is 4.08. The van der Waals surface area contributed by atoms with Crippen molar-refractivity contribution in [3.05, 3.63) is 78.6 Å². The minimum Gasteiger partial charge on any atom is -0.347 e. The zero-order valence-electron chi connectivity index (χ0n) is 12.5. The van der Waals surface area contributed by atoms with Gasteiger partial charge in [0.15, 0.2) is 0 Å². The van der Waals surface area contributed by atoms with E-state index < -0.39 is 0 Å². The first-order chi connectivity index (χ1) is 10.8. The second-order valence-electron chi connectivity index (χ2n) is 5.63. The lowest BCUT2D eigenvalue weighted by Gasteiger charge is -2.06. The number of H-pyrrole nitrogens is 1. The van der Waals surface area contributed by atoms with E-state index in [-0.39, 0.29) is 0 Å². The smallest absolute Gasteiger partial charge is 0.0922 e. The Morgan fingerprint density at radius 2 is 1.86 bits per heavy atom. The molecule has 0 radical (unpaired) electrons. The molecule has 0 saturated carbocycles. The molecule has 0 atom stereocenters. The van der Waals surface area contributed by atoms with Crippen molar-refractivity contribution < 1.29 is 0 Å². The number of benzene rings is 2. The van der Waals surface area contributed by atoms with Crippen LogP contribution in [0.4, 0.5) is 0 Å². The van der Waals surface area contributed by atoms with Crippen LogP contribution in [0.3, 0.4) is 0 Å². The van der Waals surface area contributed by atoms with Crippen LogP contribution in [-0.2, 0) is 6.54 Å². The Balaban J connectivity index is 1.80. The quantitative estimate of drug-likeness (QED) is 0.595. The monoisotopic (exact) mass is 287 g/mol. The molecular formula is C19H17N3. The van der Waals surface area contributed by atoms with E-state index in [4.69, 9.17) is 0 Å². The van der Waals surface area contributed by atoms with Crippen LogP contribution in [0.5, 0.6) is 0 Å². The number of fused-ring (bicyclic) bond motifs is 1. The summed E-state index contributed by atoms with van der Waals surface area (Å²) in [5.41, 5.74) is 4.98. The molecule has 0 aliphatic rings. The highest BCUT2D eigenvalue weighted by atomic mass is 15.0. The largest absolute Gasteiger partial charge is 0.347 e. The molecule has 2 heterocycles. The number of aryl methyl sites for hydroxylation is 1. The Morgan fingerprint density at radius 3 is 2.73 bits per heavy atom. The van der Waals surface area contributed by atoms with E-state index in [9.17, 15) is 0 Å². The first kappa shape index (κ1) is 12.9. The van der Waals surface area contributed by atoms with Gasteiger partial charge in [0, 0.05) is 24.2 Å². The van der Waals surface area contributed by atoms with Crippen molar-refractivity contribution in [1.29, 1.82) is 0 Å². The summed E-state index contributed by atoms with van der Waals surface area (Å²) in [5.74, 6) is 0. The lowest BCUT2D eigenvalue weighted by molar-refractivity contribution is 0.785. The number of hydrogen-bond donors (Lipinski definition) is 1. The highest BCUT2D eigenvalue weighted by Crippen LogP contribution is 2.31. The van der Waals surface area contributed by atoms with Gasteiger partial charge in [-0.25, -0.2) is 4.98 Å². The molecular weight excluding hydrogens is 270 g/mol. The molecule has 3 heteroatoms. The van der Waals surface area contributed by atoms with Crippen LogP contribution in [0.15, 0.2) is 67.4 Å². The van der Waals surface area contributed by atoms with E-state index in [1.807, 2.05) is 6.20 Å². The van der Waals surface area contributed by atoms with Crippen LogP contribution < -0.4 is 0 Å². The lowest BCUT2D eigenvalue weighted by Crippen LogP contribution is -1.95. The minimum absolute atomic E-state index is 0.811. The van der Waals surface area contributed by atoms with Crippen molar-refractivity contribution in [2.45, 2.75) is 13.5 Å². The Hall–Kier alpha value is -2.81. The van der Waals surface area contributed by atoms with Gasteiger partial charge in [-0.3, -0.25) is 0 Å². The van der Waals surface area contributed by atoms with Crippen molar-refractivity contribution in [3.63, 3.8) is 0 Å². The minimum atomic E-state index is 0.811. The lowest BCUT2D eigenvalue weighted by atomic mass is 9.98. The van der Waals surface area contributed by atoms with Gasteiger partial charge in [-0.2, -0.15) is 0 Å². The molecule has 0 amide bonds. The van der Waals surface area contributed by atoms with Crippen molar-refractivity contribution in [1.82, 2.24) is 14.5 Å². The van der Waals surface area contributed by atoms with E-state index in [0.717, 1.165) is 12.2 Å². The van der Waals surface area contributed by atoms with E-state index in [1.165, 1.54) is 27.5 Å². The molecule has 0 saturated heterocycles. The Kier molecular flexibility index (Phi) is 3.04. The first-order valence-corrected chi connectivity index (χ1v) is 7.43. The Labute approximate surface area is 129 Å². The molecule has 2 aromatic carbocycles. The van der Waals surface area contributed by atoms with Gasteiger partial charge in [-0.15, -0.1) is 0 Å². The zero-order valence-corrected chi connectivity index (χ0v) is 12.5. The highest BCUT2D eigenvalue weighted by molar-refractivity contribution is 5.97. The predicted octanol–water partition coefficient (Wildman–Crippen LogP) is 4.39. The summed E-state index contributed by atoms with van der Waals surface area (Å²) in [6.07, 6.45) is 8.00. The predicted molar refractivity (Wildman–Crippen MR) is 89.8 cm³/mol. The average molecular weight is 287 g/mol. The number of nitrogens with one attached hydrogen (secondary N) is 1. The van der Waals surface area contributed by atoms with Crippen LogP contribution in [0.25, 0.3) is 21.9 Å². The zero-order chi connectivity index (χ0) is 14.9. The average Bonchev–Trinajstić information content (AvgIpc) is 3.17. The van der Waals surface area contributed by atoms with Crippen molar-refractivity contribution in [2.75, 3.05) is 0 Å². The molecule has 0 spiro atoms. The molecule has 108 valence electrons. The van der Waals surface area contributed by atoms with Crippen LogP contribution in [0.2, 0.25) is 0 Å². The summed E-state index contributed by atoms with van der Waals surface area (Å²) in [5, 5.41) is 2.58. The fourth-order valence-electron chi connectivity index (χ4n) is 3.02. The van der Waals surface area contributed by atoms with Crippen LogP contribution in [-0.4, -0.2) is 14.5 Å². The fraction of sp³-hybridized carbons (Fsp3) is 0.105. The van der Waals surface area contributed by atoms with E-state index >= 15 is 0 Å². The molecule has 0 fully saturated rings. The molecule has 4 aromatic rings. The summed E-state index contributed by atoms with van der Waals surface area (Å²) in [6, 6.07) is 15.0. The molecule has 0 aliphatic carbocycles. The normalized spacial score (nSPS) is 11.1. The Morgan fingerprint density at radius 1 is 1.00 bits per heavy atom. The summed E-state index contributed by atoms with van der Waals surface area (Å²) < 4.78 is 2.21. The summed E-state index contributed by atoms with van der Waals surface area (Å²) in [7, 11) is 0. The SMILES string of the molecule is Cc1cn(Cc2cnc[nH]2)cc1-c1cccc2ccccc12. The van der Waals surface area contributed by atoms with Crippen LogP contribution >= 0.6 is 0 Å². The molecule has 0 unspecified atom stereocenters. The van der Waals surface area contributed by atoms with Gasteiger partial charge >= 0.3 is 0 Å². The first-order valence-electron chi connectivity index (χ1n) is 7.43. The number of aromatic amines is 1. The molecule has 3 nitrogen and oxygen atoms in total. The third kappa shape index (κ3) is 2.21. The van der Waals surface area contributed by atoms with E-state index in [2.05, 4.69) is 76.3 Å². The summed E-state index contributed by atoms with van der Waals surface area (Å²) in [6.45, 7) is 2.98. The number of nitrogens with zero attached hydrogens (tertiary/aromatic N) is 2. The van der Waals surface area contributed by atoms with Gasteiger partial charge in [0.1, 0.15) is 0 Å². The van der Waals surface area contributed by atoms with Crippen molar-refractivity contribution in [2.24, 2.45) is 0 Å². The molecule has 4 rings (SSSR count). The van der Waals surface area contributed by atoms with Crippen molar-refractivity contribution >= 4 is 10.8 Å². The number of rotatable bonds is 3. The third-order valence-electron chi connectivity index (χ3n) is 4.07. The third-order valence-corrected chi connectivity index (χ3v) is 4.07. The summed E-state index contributed by atoms with van der Waals surface area (Å²) >= 11 is 0. The van der Waals surface area contributed by atoms with Gasteiger partial charge in [0.05, 0.1) is 18.6 Å². The van der Waals surface area contributed by atoms with Gasteiger partial charge in [-0.1, -0.05) is 42.5 Å². The van der Waals surface area contributed by atoms with E-state index in [1.54, 1.807) is 6.33 Å². The molecule has 2 aromatic heterocycles. The van der Waals surface area contributed by atoms with E-state index in [0.29, 0.717) is 0 Å². The van der Waals surface area contributed by atoms with Crippen LogP contribution in [0.1, 0.15) is 11.3 Å². The van der Waals surface area contributed by atoms with Gasteiger partial charge in [-0.05, 0) is 28.8 Å². The molecule has 22 heavy (non-hydrogen) atoms. The van der Waals surface area contributed by atoms with Gasteiger partial charge < -0.3 is 9.55 Å². The number of aromatic nitrogens is 3. The standard InChI is InChI=1S/C19H17N3/c1-14-10-22(11-16-9-20-13-21-16)12-19(14)18-8-4-6-15-5-2-3-7-17(15)18/h2-10,12-13H,11H2,1H3,(H,20,21). The highest BCUT2D eigenvalue weighted by Gasteiger charge is 2.09. The van der Waals surface area contributed by atoms with Crippen LogP contribution in [0, 0.1) is 6.92 Å². The van der Waals surface area contributed by atoms with Gasteiger partial charge in [0.25, 0.3) is 0 Å². The maximum absolute atomic E-state index is 4.08. The second kappa shape index (κ2) is 5.19. The molecule has 0 bridgehead atoms. The fourth-order valence-corrected chi connectivity index (χ4v) is 3.02. The summed E-state index contributed by atoms with van der Waals surface area (Å²) in [4.78, 5) is 7.23. The molecule has 1 N–H and O–H groups in total.